The highest BCUT2D eigenvalue weighted by molar-refractivity contribution is 5.98. The summed E-state index contributed by atoms with van der Waals surface area (Å²) in [4.78, 5) is 40.4. The molecular weight excluding hydrogens is 457 g/mol. The second kappa shape index (κ2) is 9.69. The molecule has 2 amide bonds. The van der Waals surface area contributed by atoms with Crippen LogP contribution in [0, 0.1) is 5.92 Å². The van der Waals surface area contributed by atoms with Crippen LogP contribution in [0.15, 0.2) is 30.7 Å². The van der Waals surface area contributed by atoms with Gasteiger partial charge >= 0.3 is 6.18 Å². The number of rotatable bonds is 8. The second-order valence-corrected chi connectivity index (χ2v) is 7.86. The van der Waals surface area contributed by atoms with Crippen LogP contribution in [-0.4, -0.2) is 71.8 Å². The number of amides is 2. The molecule has 0 saturated carbocycles. The quantitative estimate of drug-likeness (QED) is 0.607. The summed E-state index contributed by atoms with van der Waals surface area (Å²) in [5.74, 6) is 0.187. The molecule has 2 aliphatic rings. The first-order chi connectivity index (χ1) is 16.2. The van der Waals surface area contributed by atoms with Crippen molar-refractivity contribution in [1.82, 2.24) is 20.3 Å². The van der Waals surface area contributed by atoms with E-state index < -0.39 is 18.9 Å². The third-order valence-electron chi connectivity index (χ3n) is 5.35. The highest BCUT2D eigenvalue weighted by Gasteiger charge is 2.36. The molecule has 4 rings (SSSR count). The molecule has 10 nitrogen and oxygen atoms in total. The minimum absolute atomic E-state index is 0.0164. The van der Waals surface area contributed by atoms with E-state index in [1.54, 1.807) is 12.4 Å². The number of carbonyl (C=O) groups excluding carboxylic acids is 2. The fourth-order valence-electron chi connectivity index (χ4n) is 3.60. The SMILES string of the molecule is CCNC(=O)C1CN(c2ncc(N3CC[C@@H](Oc4ccc(OCC(F)(F)F)nc4)C3=O)cn2)C1. The lowest BCUT2D eigenvalue weighted by Gasteiger charge is -2.38. The molecule has 0 unspecified atom stereocenters. The maximum absolute atomic E-state index is 12.8. The smallest absolute Gasteiger partial charge is 0.422 e. The molecule has 0 bridgehead atoms. The number of alkyl halides is 3. The van der Waals surface area contributed by atoms with Gasteiger partial charge in [0, 0.05) is 38.7 Å². The highest BCUT2D eigenvalue weighted by Crippen LogP contribution is 2.27. The van der Waals surface area contributed by atoms with Crippen LogP contribution in [0.4, 0.5) is 24.8 Å². The van der Waals surface area contributed by atoms with Crippen LogP contribution in [0.5, 0.6) is 11.6 Å². The van der Waals surface area contributed by atoms with Crippen LogP contribution >= 0.6 is 0 Å². The lowest BCUT2D eigenvalue weighted by molar-refractivity contribution is -0.154. The molecule has 1 N–H and O–H groups in total. The fourth-order valence-corrected chi connectivity index (χ4v) is 3.60. The van der Waals surface area contributed by atoms with Crippen LogP contribution in [0.1, 0.15) is 13.3 Å². The zero-order valence-electron chi connectivity index (χ0n) is 18.3. The standard InChI is InChI=1S/C21H23F3N6O4/c1-2-25-18(31)13-10-29(11-13)20-27-7-14(8-28-20)30-6-5-16(19(30)32)34-15-3-4-17(26-9-15)33-12-21(22,23)24/h3-4,7-9,13,16H,2,5-6,10-12H2,1H3,(H,25,31)/t16-/m1/s1. The number of halogens is 3. The molecule has 2 aromatic rings. The number of anilines is 2. The van der Waals surface area contributed by atoms with Gasteiger partial charge in [-0.1, -0.05) is 0 Å². The minimum atomic E-state index is -4.46. The molecule has 4 heterocycles. The van der Waals surface area contributed by atoms with Crippen LogP contribution in [0.3, 0.4) is 0 Å². The molecule has 2 fully saturated rings. The Kier molecular flexibility index (Phi) is 6.70. The normalized spacial score (nSPS) is 18.6. The van der Waals surface area contributed by atoms with Gasteiger partial charge in [0.05, 0.1) is 30.2 Å². The van der Waals surface area contributed by atoms with Gasteiger partial charge in [0.15, 0.2) is 12.7 Å². The number of aromatic nitrogens is 3. The average Bonchev–Trinajstić information content (AvgIpc) is 3.12. The predicted molar refractivity (Wildman–Crippen MR) is 114 cm³/mol. The molecule has 2 saturated heterocycles. The van der Waals surface area contributed by atoms with E-state index in [4.69, 9.17) is 4.74 Å². The summed E-state index contributed by atoms with van der Waals surface area (Å²) in [5.41, 5.74) is 0.523. The maximum atomic E-state index is 12.8. The first-order valence-electron chi connectivity index (χ1n) is 10.7. The van der Waals surface area contributed by atoms with Crippen molar-refractivity contribution in [3.63, 3.8) is 0 Å². The minimum Gasteiger partial charge on any atom is -0.479 e. The van der Waals surface area contributed by atoms with Crippen molar-refractivity contribution in [2.75, 3.05) is 42.6 Å². The van der Waals surface area contributed by atoms with Gasteiger partial charge in [-0.2, -0.15) is 13.2 Å². The molecule has 2 aromatic heterocycles. The Hall–Kier alpha value is -3.64. The van der Waals surface area contributed by atoms with E-state index in [1.807, 2.05) is 11.8 Å². The van der Waals surface area contributed by atoms with E-state index in [2.05, 4.69) is 25.0 Å². The Bertz CT molecular complexity index is 1010. The molecule has 34 heavy (non-hydrogen) atoms. The van der Waals surface area contributed by atoms with Crippen molar-refractivity contribution >= 4 is 23.5 Å². The Labute approximate surface area is 193 Å². The van der Waals surface area contributed by atoms with Crippen molar-refractivity contribution in [3.05, 3.63) is 30.7 Å². The van der Waals surface area contributed by atoms with E-state index in [1.165, 1.54) is 23.2 Å². The number of ether oxygens (including phenoxy) is 2. The molecule has 0 aromatic carbocycles. The van der Waals surface area contributed by atoms with Crippen LogP contribution in [-0.2, 0) is 9.59 Å². The van der Waals surface area contributed by atoms with Crippen molar-refractivity contribution in [2.45, 2.75) is 25.6 Å². The molecular formula is C21H23F3N6O4. The van der Waals surface area contributed by atoms with E-state index in [9.17, 15) is 22.8 Å². The van der Waals surface area contributed by atoms with Gasteiger partial charge in [0.2, 0.25) is 17.7 Å². The van der Waals surface area contributed by atoms with Gasteiger partial charge in [0.25, 0.3) is 5.91 Å². The van der Waals surface area contributed by atoms with E-state index in [0.29, 0.717) is 44.2 Å². The molecule has 13 heteroatoms. The number of hydrogen-bond donors (Lipinski definition) is 1. The summed E-state index contributed by atoms with van der Waals surface area (Å²) in [5, 5.41) is 2.79. The van der Waals surface area contributed by atoms with Gasteiger partial charge in [-0.15, -0.1) is 0 Å². The second-order valence-electron chi connectivity index (χ2n) is 7.86. The lowest BCUT2D eigenvalue weighted by Crippen LogP contribution is -2.54. The molecule has 182 valence electrons. The van der Waals surface area contributed by atoms with Crippen LogP contribution in [0.25, 0.3) is 0 Å². The monoisotopic (exact) mass is 480 g/mol. The topological polar surface area (TPSA) is 110 Å². The number of nitrogens with zero attached hydrogens (tertiary/aromatic N) is 5. The van der Waals surface area contributed by atoms with Crippen molar-refractivity contribution < 1.29 is 32.2 Å². The summed E-state index contributed by atoms with van der Waals surface area (Å²) in [6.07, 6.45) is -0.501. The Morgan fingerprint density at radius 3 is 2.53 bits per heavy atom. The molecule has 1 atom stereocenters. The number of nitrogens with one attached hydrogen (secondary N) is 1. The van der Waals surface area contributed by atoms with Crippen molar-refractivity contribution in [2.24, 2.45) is 5.92 Å². The van der Waals surface area contributed by atoms with E-state index in [0.717, 1.165) is 0 Å². The number of pyridine rings is 1. The zero-order valence-corrected chi connectivity index (χ0v) is 18.3. The first kappa shape index (κ1) is 23.5. The molecule has 2 aliphatic heterocycles. The van der Waals surface area contributed by atoms with E-state index in [-0.39, 0.29) is 29.4 Å². The summed E-state index contributed by atoms with van der Waals surface area (Å²) in [7, 11) is 0. The molecule has 0 spiro atoms. The van der Waals surface area contributed by atoms with Gasteiger partial charge in [-0.3, -0.25) is 9.59 Å². The Morgan fingerprint density at radius 1 is 1.18 bits per heavy atom. The Balaban J connectivity index is 1.29. The third-order valence-corrected chi connectivity index (χ3v) is 5.35. The summed E-state index contributed by atoms with van der Waals surface area (Å²) >= 11 is 0. The lowest BCUT2D eigenvalue weighted by atomic mass is 10.00. The van der Waals surface area contributed by atoms with Gasteiger partial charge in [-0.25, -0.2) is 15.0 Å². The summed E-state index contributed by atoms with van der Waals surface area (Å²) in [6.45, 7) is 2.50. The van der Waals surface area contributed by atoms with Crippen molar-refractivity contribution in [1.29, 1.82) is 0 Å². The van der Waals surface area contributed by atoms with Gasteiger partial charge < -0.3 is 24.6 Å². The van der Waals surface area contributed by atoms with Crippen LogP contribution in [0.2, 0.25) is 0 Å². The first-order valence-corrected chi connectivity index (χ1v) is 10.7. The largest absolute Gasteiger partial charge is 0.479 e. The number of hydrogen-bond acceptors (Lipinski definition) is 8. The van der Waals surface area contributed by atoms with E-state index >= 15 is 0 Å². The van der Waals surface area contributed by atoms with Crippen molar-refractivity contribution in [3.8, 4) is 11.6 Å². The predicted octanol–water partition coefficient (Wildman–Crippen LogP) is 1.57. The third kappa shape index (κ3) is 5.46. The fraction of sp³-hybridized carbons (Fsp3) is 0.476. The summed E-state index contributed by atoms with van der Waals surface area (Å²) in [6, 6.07) is 2.64. The van der Waals surface area contributed by atoms with Gasteiger partial charge in [0.1, 0.15) is 5.75 Å². The average molecular weight is 480 g/mol. The molecule has 0 aliphatic carbocycles. The van der Waals surface area contributed by atoms with Crippen LogP contribution < -0.4 is 24.6 Å². The molecule has 0 radical (unpaired) electrons. The zero-order chi connectivity index (χ0) is 24.3. The number of carbonyl (C=O) groups is 2. The summed E-state index contributed by atoms with van der Waals surface area (Å²) < 4.78 is 46.9. The van der Waals surface area contributed by atoms with Gasteiger partial charge in [-0.05, 0) is 13.0 Å². The maximum Gasteiger partial charge on any atom is 0.422 e. The highest BCUT2D eigenvalue weighted by atomic mass is 19.4. The Morgan fingerprint density at radius 2 is 1.91 bits per heavy atom.